The molecular weight excluding hydrogens is 295 g/mol. The first-order valence-electron chi connectivity index (χ1n) is 5.29. The summed E-state index contributed by atoms with van der Waals surface area (Å²) >= 11 is 11.8. The van der Waals surface area contributed by atoms with Crippen molar-refractivity contribution in [1.82, 2.24) is 0 Å². The van der Waals surface area contributed by atoms with Gasteiger partial charge in [-0.3, -0.25) is 0 Å². The number of halogens is 4. The van der Waals surface area contributed by atoms with Crippen molar-refractivity contribution < 1.29 is 13.5 Å². The van der Waals surface area contributed by atoms with Crippen LogP contribution in [0.15, 0.2) is 30.3 Å². The summed E-state index contributed by atoms with van der Waals surface area (Å²) in [7, 11) is 0. The average molecular weight is 304 g/mol. The van der Waals surface area contributed by atoms with Crippen LogP contribution in [0.4, 0.5) is 14.5 Å². The zero-order valence-electron chi connectivity index (χ0n) is 9.59. The van der Waals surface area contributed by atoms with Gasteiger partial charge in [-0.15, -0.1) is 0 Å². The molecule has 0 fully saturated rings. The fourth-order valence-corrected chi connectivity index (χ4v) is 2.14. The highest BCUT2D eigenvalue weighted by molar-refractivity contribution is 6.37. The minimum absolute atomic E-state index is 0.0731. The molecule has 0 aliphatic heterocycles. The molecule has 0 saturated heterocycles. The van der Waals surface area contributed by atoms with Gasteiger partial charge in [-0.25, -0.2) is 8.78 Å². The van der Waals surface area contributed by atoms with E-state index < -0.39 is 11.6 Å². The maximum absolute atomic E-state index is 13.4. The zero-order valence-corrected chi connectivity index (χ0v) is 11.1. The van der Waals surface area contributed by atoms with Gasteiger partial charge < -0.3 is 10.5 Å². The van der Waals surface area contributed by atoms with E-state index >= 15 is 0 Å². The number of rotatable bonds is 3. The Morgan fingerprint density at radius 3 is 2.37 bits per heavy atom. The molecule has 2 rings (SSSR count). The third-order valence-corrected chi connectivity index (χ3v) is 2.99. The smallest absolute Gasteiger partial charge is 0.165 e. The van der Waals surface area contributed by atoms with Gasteiger partial charge in [0.15, 0.2) is 17.4 Å². The lowest BCUT2D eigenvalue weighted by molar-refractivity contribution is 0.297. The first-order valence-corrected chi connectivity index (χ1v) is 6.05. The highest BCUT2D eigenvalue weighted by atomic mass is 35.5. The van der Waals surface area contributed by atoms with E-state index in [4.69, 9.17) is 33.7 Å². The van der Waals surface area contributed by atoms with Crippen molar-refractivity contribution >= 4 is 28.9 Å². The predicted octanol–water partition coefficient (Wildman–Crippen LogP) is 4.43. The first kappa shape index (κ1) is 13.9. The van der Waals surface area contributed by atoms with Crippen molar-refractivity contribution in [3.05, 3.63) is 57.6 Å². The summed E-state index contributed by atoms with van der Waals surface area (Å²) in [6.45, 7) is -0.188. The average Bonchev–Trinajstić information content (AvgIpc) is 2.33. The van der Waals surface area contributed by atoms with Crippen LogP contribution in [0, 0.1) is 11.6 Å². The molecule has 0 aromatic heterocycles. The summed E-state index contributed by atoms with van der Waals surface area (Å²) in [4.78, 5) is 0. The van der Waals surface area contributed by atoms with Crippen molar-refractivity contribution in [2.24, 2.45) is 0 Å². The predicted molar refractivity (Wildman–Crippen MR) is 71.6 cm³/mol. The van der Waals surface area contributed by atoms with Crippen LogP contribution in [0.5, 0.6) is 5.75 Å². The molecule has 100 valence electrons. The minimum Gasteiger partial charge on any atom is -0.486 e. The van der Waals surface area contributed by atoms with Crippen molar-refractivity contribution in [1.29, 1.82) is 0 Å². The van der Waals surface area contributed by atoms with Crippen LogP contribution in [0.25, 0.3) is 0 Å². The van der Waals surface area contributed by atoms with E-state index in [0.29, 0.717) is 5.69 Å². The van der Waals surface area contributed by atoms with Gasteiger partial charge in [-0.2, -0.15) is 0 Å². The van der Waals surface area contributed by atoms with Gasteiger partial charge in [-0.1, -0.05) is 35.3 Å². The fourth-order valence-electron chi connectivity index (χ4n) is 1.53. The molecule has 0 atom stereocenters. The minimum atomic E-state index is -0.954. The van der Waals surface area contributed by atoms with Crippen LogP contribution < -0.4 is 10.5 Å². The number of nitrogens with two attached hydrogens (primary N) is 1. The van der Waals surface area contributed by atoms with E-state index in [0.717, 1.165) is 6.07 Å². The van der Waals surface area contributed by atoms with Gasteiger partial charge in [0.1, 0.15) is 6.61 Å². The quantitative estimate of drug-likeness (QED) is 0.851. The monoisotopic (exact) mass is 303 g/mol. The van der Waals surface area contributed by atoms with Gasteiger partial charge in [0, 0.05) is 11.3 Å². The van der Waals surface area contributed by atoms with Crippen molar-refractivity contribution in [2.45, 2.75) is 6.61 Å². The first-order chi connectivity index (χ1) is 8.99. The van der Waals surface area contributed by atoms with E-state index in [-0.39, 0.29) is 28.0 Å². The normalized spacial score (nSPS) is 10.5. The molecular formula is C13H9Cl2F2NO. The lowest BCUT2D eigenvalue weighted by atomic mass is 10.2. The maximum atomic E-state index is 13.4. The fraction of sp³-hybridized carbons (Fsp3) is 0.0769. The van der Waals surface area contributed by atoms with E-state index in [1.54, 1.807) is 0 Å². The Morgan fingerprint density at radius 1 is 1.11 bits per heavy atom. The molecule has 0 radical (unpaired) electrons. The highest BCUT2D eigenvalue weighted by Gasteiger charge is 2.12. The van der Waals surface area contributed by atoms with Gasteiger partial charge in [0.25, 0.3) is 0 Å². The third-order valence-electron chi connectivity index (χ3n) is 2.42. The molecule has 0 heterocycles. The van der Waals surface area contributed by atoms with Crippen LogP contribution in [-0.2, 0) is 6.61 Å². The summed E-state index contributed by atoms with van der Waals surface area (Å²) in [5.74, 6) is -1.71. The molecule has 0 aliphatic carbocycles. The summed E-state index contributed by atoms with van der Waals surface area (Å²) in [6, 6.07) is 6.76. The summed E-state index contributed by atoms with van der Waals surface area (Å²) in [5.41, 5.74) is 6.01. The Balaban J connectivity index is 2.22. The molecule has 0 unspecified atom stereocenters. The van der Waals surface area contributed by atoms with Gasteiger partial charge in [0.05, 0.1) is 10.0 Å². The summed E-state index contributed by atoms with van der Waals surface area (Å²) < 4.78 is 31.8. The Morgan fingerprint density at radius 2 is 1.74 bits per heavy atom. The van der Waals surface area contributed by atoms with Crippen molar-refractivity contribution in [3.63, 3.8) is 0 Å². The lowest BCUT2D eigenvalue weighted by Crippen LogP contribution is -2.01. The Labute approximate surface area is 118 Å². The number of benzene rings is 2. The molecule has 2 aromatic rings. The van der Waals surface area contributed by atoms with E-state index in [2.05, 4.69) is 0 Å². The Hall–Kier alpha value is -1.52. The van der Waals surface area contributed by atoms with Crippen LogP contribution >= 0.6 is 23.2 Å². The topological polar surface area (TPSA) is 35.2 Å². The Kier molecular flexibility index (Phi) is 4.12. The molecule has 0 amide bonds. The zero-order chi connectivity index (χ0) is 14.0. The van der Waals surface area contributed by atoms with Gasteiger partial charge >= 0.3 is 0 Å². The maximum Gasteiger partial charge on any atom is 0.165 e. The number of nitrogen functional groups attached to an aromatic ring is 1. The number of hydrogen-bond acceptors (Lipinski definition) is 2. The summed E-state index contributed by atoms with van der Waals surface area (Å²) in [5, 5.41) is 0.420. The second-order valence-electron chi connectivity index (χ2n) is 3.82. The van der Waals surface area contributed by atoms with Gasteiger partial charge in [0.2, 0.25) is 0 Å². The number of ether oxygens (including phenoxy) is 1. The van der Waals surface area contributed by atoms with E-state index in [9.17, 15) is 8.78 Å². The Bertz CT molecular complexity index is 597. The van der Waals surface area contributed by atoms with E-state index in [1.165, 1.54) is 24.3 Å². The summed E-state index contributed by atoms with van der Waals surface area (Å²) in [6.07, 6.45) is 0. The molecule has 2 N–H and O–H groups in total. The van der Waals surface area contributed by atoms with Crippen LogP contribution in [-0.4, -0.2) is 0 Å². The number of anilines is 1. The molecule has 6 heteroatoms. The third kappa shape index (κ3) is 3.08. The molecule has 0 saturated carbocycles. The lowest BCUT2D eigenvalue weighted by Gasteiger charge is -2.11. The molecule has 0 bridgehead atoms. The molecule has 2 aromatic carbocycles. The number of hydrogen-bond donors (Lipinski definition) is 1. The van der Waals surface area contributed by atoms with Crippen LogP contribution in [0.2, 0.25) is 10.0 Å². The van der Waals surface area contributed by atoms with Gasteiger partial charge in [-0.05, 0) is 18.2 Å². The largest absolute Gasteiger partial charge is 0.486 e. The van der Waals surface area contributed by atoms with E-state index in [1.807, 2.05) is 0 Å². The molecule has 2 nitrogen and oxygen atoms in total. The van der Waals surface area contributed by atoms with Crippen molar-refractivity contribution in [2.75, 3.05) is 5.73 Å². The highest BCUT2D eigenvalue weighted by Crippen LogP contribution is 2.35. The second kappa shape index (κ2) is 5.63. The van der Waals surface area contributed by atoms with Crippen molar-refractivity contribution in [3.8, 4) is 5.75 Å². The van der Waals surface area contributed by atoms with Crippen LogP contribution in [0.3, 0.4) is 0 Å². The van der Waals surface area contributed by atoms with Crippen LogP contribution in [0.1, 0.15) is 5.56 Å². The second-order valence-corrected chi connectivity index (χ2v) is 4.63. The molecule has 19 heavy (non-hydrogen) atoms. The molecule has 0 spiro atoms. The SMILES string of the molecule is Nc1cc(Cl)c(OCc2cccc(F)c2F)c(Cl)c1. The molecule has 0 aliphatic rings. The standard InChI is InChI=1S/C13H9Cl2F2NO/c14-9-4-8(18)5-10(15)13(9)19-6-7-2-1-3-11(16)12(7)17/h1-5H,6,18H2.